The number of nitrogens with zero attached hydrogens (tertiary/aromatic N) is 4. The zero-order chi connectivity index (χ0) is 15.2. The molecule has 1 unspecified atom stereocenters. The first kappa shape index (κ1) is 15.3. The monoisotopic (exact) mass is 294 g/mol. The summed E-state index contributed by atoms with van der Waals surface area (Å²) in [6.45, 7) is 6.45. The fourth-order valence-corrected chi connectivity index (χ4v) is 2.17. The van der Waals surface area contributed by atoms with E-state index >= 15 is 0 Å². The van der Waals surface area contributed by atoms with Crippen LogP contribution in [0.15, 0.2) is 0 Å². The third-order valence-corrected chi connectivity index (χ3v) is 3.28. The third-order valence-electron chi connectivity index (χ3n) is 3.28. The van der Waals surface area contributed by atoms with Gasteiger partial charge < -0.3 is 20.7 Å². The molecule has 8 nitrogen and oxygen atoms in total. The van der Waals surface area contributed by atoms with Crippen molar-refractivity contribution in [2.24, 2.45) is 11.7 Å². The molecule has 1 saturated heterocycles. The summed E-state index contributed by atoms with van der Waals surface area (Å²) in [6.07, 6.45) is 1.70. The van der Waals surface area contributed by atoms with Crippen LogP contribution in [0.4, 0.5) is 11.9 Å². The molecule has 2 rings (SSSR count). The van der Waals surface area contributed by atoms with Crippen molar-refractivity contribution in [1.82, 2.24) is 15.0 Å². The number of rotatable bonds is 7. The molecule has 0 aromatic carbocycles. The number of amides is 1. The SMILES string of the molecule is CCCNc1nc(OCC)nc(N2CCC(C(N)=O)C2)n1. The van der Waals surface area contributed by atoms with Crippen LogP contribution in [0.1, 0.15) is 26.7 Å². The molecule has 0 radical (unpaired) electrons. The lowest BCUT2D eigenvalue weighted by molar-refractivity contribution is -0.121. The number of carbonyl (C=O) groups excluding carboxylic acids is 1. The second-order valence-corrected chi connectivity index (χ2v) is 4.94. The largest absolute Gasteiger partial charge is 0.464 e. The molecule has 0 aliphatic carbocycles. The Balaban J connectivity index is 2.17. The number of anilines is 2. The van der Waals surface area contributed by atoms with Crippen LogP contribution in [0.25, 0.3) is 0 Å². The Labute approximate surface area is 124 Å². The Hall–Kier alpha value is -2.12. The van der Waals surface area contributed by atoms with Crippen LogP contribution in [0, 0.1) is 5.92 Å². The third kappa shape index (κ3) is 3.93. The van der Waals surface area contributed by atoms with Gasteiger partial charge in [-0.25, -0.2) is 0 Å². The van der Waals surface area contributed by atoms with Gasteiger partial charge in [0.2, 0.25) is 17.8 Å². The van der Waals surface area contributed by atoms with Crippen molar-refractivity contribution in [1.29, 1.82) is 0 Å². The molecule has 3 N–H and O–H groups in total. The van der Waals surface area contributed by atoms with E-state index in [1.54, 1.807) is 0 Å². The highest BCUT2D eigenvalue weighted by Crippen LogP contribution is 2.22. The fraction of sp³-hybridized carbons (Fsp3) is 0.692. The van der Waals surface area contributed by atoms with Crippen molar-refractivity contribution in [3.63, 3.8) is 0 Å². The van der Waals surface area contributed by atoms with Crippen LogP contribution in [0.2, 0.25) is 0 Å². The number of hydrogen-bond acceptors (Lipinski definition) is 7. The Morgan fingerprint density at radius 3 is 2.86 bits per heavy atom. The van der Waals surface area contributed by atoms with E-state index in [0.717, 1.165) is 19.4 Å². The van der Waals surface area contributed by atoms with Crippen LogP contribution < -0.4 is 20.7 Å². The van der Waals surface area contributed by atoms with E-state index in [2.05, 4.69) is 27.2 Å². The van der Waals surface area contributed by atoms with E-state index in [0.29, 0.717) is 37.6 Å². The van der Waals surface area contributed by atoms with E-state index in [1.807, 2.05) is 11.8 Å². The zero-order valence-corrected chi connectivity index (χ0v) is 12.5. The predicted molar refractivity (Wildman–Crippen MR) is 79.3 cm³/mol. The molecule has 1 aromatic heterocycles. The summed E-state index contributed by atoms with van der Waals surface area (Å²) in [5.41, 5.74) is 5.36. The summed E-state index contributed by atoms with van der Waals surface area (Å²) in [5, 5.41) is 3.13. The second kappa shape index (κ2) is 7.05. The van der Waals surface area contributed by atoms with Crippen molar-refractivity contribution >= 4 is 17.8 Å². The standard InChI is InChI=1S/C13H22N6O2/c1-3-6-15-11-16-12(18-13(17-11)21-4-2)19-7-5-9(8-19)10(14)20/h9H,3-8H2,1-2H3,(H2,14,20)(H,15,16,17,18). The topological polar surface area (TPSA) is 106 Å². The normalized spacial score (nSPS) is 17.8. The number of ether oxygens (including phenoxy) is 1. The lowest BCUT2D eigenvalue weighted by Gasteiger charge is -2.17. The average molecular weight is 294 g/mol. The molecule has 2 heterocycles. The van der Waals surface area contributed by atoms with Gasteiger partial charge in [0.05, 0.1) is 12.5 Å². The molecule has 116 valence electrons. The van der Waals surface area contributed by atoms with Crippen molar-refractivity contribution in [2.75, 3.05) is 36.5 Å². The van der Waals surface area contributed by atoms with Crippen molar-refractivity contribution < 1.29 is 9.53 Å². The van der Waals surface area contributed by atoms with Gasteiger partial charge in [-0.1, -0.05) is 6.92 Å². The molecule has 1 amide bonds. The van der Waals surface area contributed by atoms with E-state index in [-0.39, 0.29) is 11.8 Å². The highest BCUT2D eigenvalue weighted by atomic mass is 16.5. The molecular weight excluding hydrogens is 272 g/mol. The van der Waals surface area contributed by atoms with E-state index < -0.39 is 0 Å². The summed E-state index contributed by atoms with van der Waals surface area (Å²) < 4.78 is 5.38. The van der Waals surface area contributed by atoms with Gasteiger partial charge in [-0.15, -0.1) is 0 Å². The molecule has 0 bridgehead atoms. The molecule has 8 heteroatoms. The van der Waals surface area contributed by atoms with Crippen LogP contribution in [0.3, 0.4) is 0 Å². The minimum atomic E-state index is -0.277. The lowest BCUT2D eigenvalue weighted by atomic mass is 10.1. The summed E-state index contributed by atoms with van der Waals surface area (Å²) in [7, 11) is 0. The number of carbonyl (C=O) groups is 1. The summed E-state index contributed by atoms with van der Waals surface area (Å²) in [6, 6.07) is 0.295. The first-order valence-electron chi connectivity index (χ1n) is 7.31. The Kier molecular flexibility index (Phi) is 5.13. The van der Waals surface area contributed by atoms with Gasteiger partial charge >= 0.3 is 6.01 Å². The van der Waals surface area contributed by atoms with Gasteiger partial charge in [0, 0.05) is 19.6 Å². The number of nitrogens with one attached hydrogen (secondary N) is 1. The number of aromatic nitrogens is 3. The first-order chi connectivity index (χ1) is 10.1. The molecule has 21 heavy (non-hydrogen) atoms. The lowest BCUT2D eigenvalue weighted by Crippen LogP contribution is -2.28. The van der Waals surface area contributed by atoms with Crippen LogP contribution in [0.5, 0.6) is 6.01 Å². The summed E-state index contributed by atoms with van der Waals surface area (Å²) >= 11 is 0. The molecule has 1 aromatic rings. The summed E-state index contributed by atoms with van der Waals surface area (Å²) in [4.78, 5) is 26.1. The van der Waals surface area contributed by atoms with Crippen LogP contribution >= 0.6 is 0 Å². The molecule has 0 spiro atoms. The average Bonchev–Trinajstić information content (AvgIpc) is 2.95. The molecular formula is C13H22N6O2. The van der Waals surface area contributed by atoms with E-state index in [4.69, 9.17) is 10.5 Å². The van der Waals surface area contributed by atoms with Gasteiger partial charge in [-0.2, -0.15) is 15.0 Å². The van der Waals surface area contributed by atoms with Crippen molar-refractivity contribution in [3.05, 3.63) is 0 Å². The van der Waals surface area contributed by atoms with Crippen molar-refractivity contribution in [3.8, 4) is 6.01 Å². The Morgan fingerprint density at radius 2 is 2.24 bits per heavy atom. The Morgan fingerprint density at radius 1 is 1.43 bits per heavy atom. The first-order valence-corrected chi connectivity index (χ1v) is 7.31. The van der Waals surface area contributed by atoms with Gasteiger partial charge in [-0.3, -0.25) is 4.79 Å². The highest BCUT2D eigenvalue weighted by molar-refractivity contribution is 5.78. The van der Waals surface area contributed by atoms with Gasteiger partial charge in [-0.05, 0) is 19.8 Å². The van der Waals surface area contributed by atoms with Crippen molar-refractivity contribution in [2.45, 2.75) is 26.7 Å². The molecule has 1 aliphatic heterocycles. The minimum absolute atomic E-state index is 0.149. The molecule has 0 saturated carbocycles. The minimum Gasteiger partial charge on any atom is -0.464 e. The van der Waals surface area contributed by atoms with Gasteiger partial charge in [0.15, 0.2) is 0 Å². The van der Waals surface area contributed by atoms with Gasteiger partial charge in [0.1, 0.15) is 0 Å². The maximum Gasteiger partial charge on any atom is 0.323 e. The van der Waals surface area contributed by atoms with E-state index in [9.17, 15) is 4.79 Å². The fourth-order valence-electron chi connectivity index (χ4n) is 2.17. The maximum atomic E-state index is 11.3. The summed E-state index contributed by atoms with van der Waals surface area (Å²) in [5.74, 6) is 0.592. The highest BCUT2D eigenvalue weighted by Gasteiger charge is 2.28. The Bertz CT molecular complexity index is 496. The van der Waals surface area contributed by atoms with Crippen LogP contribution in [-0.4, -0.2) is 47.1 Å². The second-order valence-electron chi connectivity index (χ2n) is 4.94. The number of hydrogen-bond donors (Lipinski definition) is 2. The smallest absolute Gasteiger partial charge is 0.323 e. The van der Waals surface area contributed by atoms with E-state index in [1.165, 1.54) is 0 Å². The predicted octanol–water partition coefficient (Wildman–Crippen LogP) is 0.404. The molecule has 1 aliphatic rings. The molecule has 1 fully saturated rings. The quantitative estimate of drug-likeness (QED) is 0.749. The van der Waals surface area contributed by atoms with Crippen LogP contribution in [-0.2, 0) is 4.79 Å². The molecule has 1 atom stereocenters. The maximum absolute atomic E-state index is 11.3. The number of primary amides is 1. The number of nitrogens with two attached hydrogens (primary N) is 1. The van der Waals surface area contributed by atoms with Gasteiger partial charge in [0.25, 0.3) is 0 Å². The zero-order valence-electron chi connectivity index (χ0n) is 12.5.